The molecule has 3 heterocycles. The summed E-state index contributed by atoms with van der Waals surface area (Å²) in [5.41, 5.74) is 1.75. The fourth-order valence-corrected chi connectivity index (χ4v) is 5.56. The van der Waals surface area contributed by atoms with Crippen LogP contribution in [0, 0.1) is 0 Å². The molecule has 0 atom stereocenters. The first kappa shape index (κ1) is 19.2. The molecule has 4 rings (SSSR count). The first-order valence-corrected chi connectivity index (χ1v) is 10.8. The van der Waals surface area contributed by atoms with Crippen molar-refractivity contribution in [1.82, 2.24) is 14.5 Å². The number of methoxy groups -OCH3 is 1. The molecule has 3 aromatic rings. The average Bonchev–Trinajstić information content (AvgIpc) is 3.06. The van der Waals surface area contributed by atoms with E-state index in [1.165, 1.54) is 16.6 Å². The first-order chi connectivity index (χ1) is 13.5. The van der Waals surface area contributed by atoms with Gasteiger partial charge in [-0.2, -0.15) is 0 Å². The van der Waals surface area contributed by atoms with E-state index in [1.54, 1.807) is 54.3 Å². The zero-order valence-electron chi connectivity index (χ0n) is 16.0. The maximum absolute atomic E-state index is 13.0. The second kappa shape index (κ2) is 7.69. The largest absolute Gasteiger partial charge is 0.497 e. The number of rotatable bonds is 5. The number of thioether (sulfide) groups is 1. The number of carbonyl (C=O) groups is 1. The van der Waals surface area contributed by atoms with E-state index >= 15 is 0 Å². The van der Waals surface area contributed by atoms with Crippen molar-refractivity contribution in [2.75, 3.05) is 26.5 Å². The van der Waals surface area contributed by atoms with Crippen LogP contribution < -0.4 is 10.3 Å². The van der Waals surface area contributed by atoms with Crippen LogP contribution >= 0.6 is 23.1 Å². The number of hydrogen-bond acceptors (Lipinski definition) is 7. The van der Waals surface area contributed by atoms with Gasteiger partial charge < -0.3 is 9.64 Å². The maximum atomic E-state index is 13.0. The van der Waals surface area contributed by atoms with Crippen molar-refractivity contribution in [3.8, 4) is 5.75 Å². The molecular formula is C20H21N3O3S2. The highest BCUT2D eigenvalue weighted by Crippen LogP contribution is 2.33. The van der Waals surface area contributed by atoms with Gasteiger partial charge in [0.15, 0.2) is 10.9 Å². The van der Waals surface area contributed by atoms with Gasteiger partial charge in [0.25, 0.3) is 5.56 Å². The summed E-state index contributed by atoms with van der Waals surface area (Å²) in [5.74, 6) is 0.937. The molecule has 0 unspecified atom stereocenters. The summed E-state index contributed by atoms with van der Waals surface area (Å²) in [7, 11) is 5.41. The number of thiophene rings is 1. The van der Waals surface area contributed by atoms with Crippen LogP contribution in [-0.2, 0) is 20.0 Å². The molecule has 8 heteroatoms. The minimum Gasteiger partial charge on any atom is -0.497 e. The van der Waals surface area contributed by atoms with E-state index in [4.69, 9.17) is 9.72 Å². The molecule has 0 N–H and O–H groups in total. The normalized spacial score (nSPS) is 14.2. The van der Waals surface area contributed by atoms with Crippen molar-refractivity contribution >= 4 is 39.1 Å². The van der Waals surface area contributed by atoms with Crippen LogP contribution in [0.25, 0.3) is 10.2 Å². The van der Waals surface area contributed by atoms with Crippen LogP contribution in [0.1, 0.15) is 20.8 Å². The fraction of sp³-hybridized carbons (Fsp3) is 0.350. The topological polar surface area (TPSA) is 64.4 Å². The molecule has 0 aliphatic carbocycles. The SMILES string of the molecule is COc1ccc(C(=O)CSc2nc3sc4c(c3c(=O)n2C)CCN(C)C4)cc1. The molecule has 0 saturated heterocycles. The molecular weight excluding hydrogens is 394 g/mol. The van der Waals surface area contributed by atoms with Gasteiger partial charge in [-0.15, -0.1) is 11.3 Å². The van der Waals surface area contributed by atoms with Crippen LogP contribution in [0.2, 0.25) is 0 Å². The molecule has 0 saturated carbocycles. The van der Waals surface area contributed by atoms with Gasteiger partial charge in [0.2, 0.25) is 0 Å². The number of ether oxygens (including phenoxy) is 1. The van der Waals surface area contributed by atoms with Crippen molar-refractivity contribution in [2.24, 2.45) is 7.05 Å². The Morgan fingerprint density at radius 3 is 2.75 bits per heavy atom. The molecule has 1 aliphatic heterocycles. The smallest absolute Gasteiger partial charge is 0.262 e. The van der Waals surface area contributed by atoms with E-state index in [2.05, 4.69) is 11.9 Å². The summed E-state index contributed by atoms with van der Waals surface area (Å²) >= 11 is 2.90. The van der Waals surface area contributed by atoms with E-state index in [0.717, 1.165) is 35.3 Å². The van der Waals surface area contributed by atoms with Crippen LogP contribution in [0.15, 0.2) is 34.2 Å². The molecule has 6 nitrogen and oxygen atoms in total. The summed E-state index contributed by atoms with van der Waals surface area (Å²) in [4.78, 5) is 34.4. The predicted octanol–water partition coefficient (Wildman–Crippen LogP) is 2.97. The van der Waals surface area contributed by atoms with Crippen molar-refractivity contribution in [3.63, 3.8) is 0 Å². The van der Waals surface area contributed by atoms with Gasteiger partial charge in [-0.05, 0) is 43.3 Å². The second-order valence-corrected chi connectivity index (χ2v) is 8.90. The Kier molecular flexibility index (Phi) is 5.27. The van der Waals surface area contributed by atoms with E-state index in [9.17, 15) is 9.59 Å². The van der Waals surface area contributed by atoms with Gasteiger partial charge >= 0.3 is 0 Å². The number of fused-ring (bicyclic) bond motifs is 3. The molecule has 146 valence electrons. The molecule has 0 spiro atoms. The number of hydrogen-bond donors (Lipinski definition) is 0. The Bertz CT molecular complexity index is 1100. The first-order valence-electron chi connectivity index (χ1n) is 8.98. The number of Topliss-reactive ketones (excluding diaryl/α,β-unsaturated/α-hetero) is 1. The zero-order valence-corrected chi connectivity index (χ0v) is 17.7. The quantitative estimate of drug-likeness (QED) is 0.363. The number of nitrogens with zero attached hydrogens (tertiary/aromatic N) is 3. The third-order valence-electron chi connectivity index (χ3n) is 4.98. The number of ketones is 1. The summed E-state index contributed by atoms with van der Waals surface area (Å²) < 4.78 is 6.69. The van der Waals surface area contributed by atoms with Gasteiger partial charge in [0.05, 0.1) is 18.2 Å². The highest BCUT2D eigenvalue weighted by molar-refractivity contribution is 7.99. The lowest BCUT2D eigenvalue weighted by Crippen LogP contribution is -2.27. The van der Waals surface area contributed by atoms with Crippen molar-refractivity contribution < 1.29 is 9.53 Å². The van der Waals surface area contributed by atoms with Crippen LogP contribution in [0.4, 0.5) is 0 Å². The third kappa shape index (κ3) is 3.47. The Morgan fingerprint density at radius 1 is 1.29 bits per heavy atom. The van der Waals surface area contributed by atoms with E-state index in [0.29, 0.717) is 16.5 Å². The van der Waals surface area contributed by atoms with E-state index in [-0.39, 0.29) is 17.1 Å². The minimum absolute atomic E-state index is 0.00546. The molecule has 0 bridgehead atoms. The van der Waals surface area contributed by atoms with Crippen LogP contribution in [0.3, 0.4) is 0 Å². The summed E-state index contributed by atoms with van der Waals surface area (Å²) in [5, 5.41) is 1.33. The molecule has 0 fully saturated rings. The minimum atomic E-state index is -0.0218. The van der Waals surface area contributed by atoms with E-state index < -0.39 is 0 Å². The predicted molar refractivity (Wildman–Crippen MR) is 113 cm³/mol. The lowest BCUT2D eigenvalue weighted by atomic mass is 10.1. The van der Waals surface area contributed by atoms with Crippen LogP contribution in [-0.4, -0.2) is 46.7 Å². The highest BCUT2D eigenvalue weighted by atomic mass is 32.2. The van der Waals surface area contributed by atoms with Gasteiger partial charge in [-0.3, -0.25) is 14.2 Å². The summed E-state index contributed by atoms with van der Waals surface area (Å²) in [6.07, 6.45) is 0.880. The number of carbonyl (C=O) groups excluding carboxylic acids is 1. The monoisotopic (exact) mass is 415 g/mol. The second-order valence-electron chi connectivity index (χ2n) is 6.87. The van der Waals surface area contributed by atoms with Crippen molar-refractivity contribution in [1.29, 1.82) is 0 Å². The van der Waals surface area contributed by atoms with Crippen molar-refractivity contribution in [3.05, 3.63) is 50.6 Å². The average molecular weight is 416 g/mol. The van der Waals surface area contributed by atoms with Crippen LogP contribution in [0.5, 0.6) is 5.75 Å². The summed E-state index contributed by atoms with van der Waals surface area (Å²) in [6, 6.07) is 7.04. The molecule has 1 aromatic carbocycles. The van der Waals surface area contributed by atoms with Gasteiger partial charge in [0, 0.05) is 30.6 Å². The molecule has 28 heavy (non-hydrogen) atoms. The number of benzene rings is 1. The maximum Gasteiger partial charge on any atom is 0.262 e. The lowest BCUT2D eigenvalue weighted by molar-refractivity contribution is 0.102. The Morgan fingerprint density at radius 2 is 2.04 bits per heavy atom. The van der Waals surface area contributed by atoms with Gasteiger partial charge in [0.1, 0.15) is 10.6 Å². The molecule has 0 radical (unpaired) electrons. The van der Waals surface area contributed by atoms with Gasteiger partial charge in [-0.1, -0.05) is 11.8 Å². The standard InChI is InChI=1S/C20H21N3O3S2/c1-22-9-8-14-16(10-22)28-18-17(14)19(25)23(2)20(21-18)27-11-15(24)12-4-6-13(26-3)7-5-12/h4-7H,8-11H2,1-3H3. The van der Waals surface area contributed by atoms with Crippen molar-refractivity contribution in [2.45, 2.75) is 18.1 Å². The van der Waals surface area contributed by atoms with Gasteiger partial charge in [-0.25, -0.2) is 4.98 Å². The number of aromatic nitrogens is 2. The Hall–Kier alpha value is -2.16. The highest BCUT2D eigenvalue weighted by Gasteiger charge is 2.23. The molecule has 2 aromatic heterocycles. The summed E-state index contributed by atoms with van der Waals surface area (Å²) in [6.45, 7) is 1.81. The lowest BCUT2D eigenvalue weighted by Gasteiger charge is -2.21. The zero-order chi connectivity index (χ0) is 19.8. The fourth-order valence-electron chi connectivity index (χ4n) is 3.35. The third-order valence-corrected chi connectivity index (χ3v) is 7.12. The molecule has 1 aliphatic rings. The van der Waals surface area contributed by atoms with E-state index in [1.807, 2.05) is 0 Å². The number of likely N-dealkylation sites (N-methyl/N-ethyl adjacent to an activating group) is 1. The Balaban J connectivity index is 1.59. The Labute approximate surface area is 171 Å². The molecule has 0 amide bonds.